The number of amides is 1. The maximum atomic E-state index is 13.2. The summed E-state index contributed by atoms with van der Waals surface area (Å²) in [6.07, 6.45) is -1.54. The predicted octanol–water partition coefficient (Wildman–Crippen LogP) is 2.46. The third-order valence-electron chi connectivity index (χ3n) is 4.05. The Hall–Kier alpha value is -1.79. The van der Waals surface area contributed by atoms with E-state index in [0.717, 1.165) is 4.68 Å². The molecule has 2 atom stereocenters. The minimum Gasteiger partial charge on any atom is -0.367 e. The van der Waals surface area contributed by atoms with Crippen LogP contribution in [0.25, 0.3) is 0 Å². The molecule has 0 fully saturated rings. The van der Waals surface area contributed by atoms with Crippen LogP contribution in [0.15, 0.2) is 12.4 Å². The molecule has 0 aliphatic carbocycles. The molecule has 2 aromatic heterocycles. The number of hydrogen-bond donors (Lipinski definition) is 2. The van der Waals surface area contributed by atoms with Gasteiger partial charge in [-0.15, -0.1) is 0 Å². The first-order valence-corrected chi connectivity index (χ1v) is 8.61. The lowest BCUT2D eigenvalue weighted by atomic mass is 10.1. The van der Waals surface area contributed by atoms with Crippen LogP contribution in [-0.2, 0) is 13.6 Å². The number of hydrogen-bond acceptors (Lipinski definition) is 4. The Morgan fingerprint density at radius 2 is 2.16 bits per heavy atom. The Kier molecular flexibility index (Phi) is 4.68. The van der Waals surface area contributed by atoms with E-state index < -0.39 is 12.2 Å². The van der Waals surface area contributed by atoms with Crippen LogP contribution in [0.3, 0.4) is 0 Å². The monoisotopic (exact) mass is 468 g/mol. The SMILES string of the molecule is C[C@H]1C[C@H](C(F)(F)F)n2ncc(CNC(=O)c3c(I)cnn3C)c2N1. The quantitative estimate of drug-likeness (QED) is 0.679. The van der Waals surface area contributed by atoms with E-state index in [-0.39, 0.29) is 24.9 Å². The summed E-state index contributed by atoms with van der Waals surface area (Å²) in [6.45, 7) is 1.76. The topological polar surface area (TPSA) is 76.8 Å². The fraction of sp³-hybridized carbons (Fsp3) is 0.500. The minimum atomic E-state index is -4.37. The largest absolute Gasteiger partial charge is 0.410 e. The Balaban J connectivity index is 1.79. The van der Waals surface area contributed by atoms with E-state index in [1.165, 1.54) is 10.9 Å². The molecular formula is C14H16F3IN6O. The summed E-state index contributed by atoms with van der Waals surface area (Å²) in [5.74, 6) is -0.0540. The lowest BCUT2D eigenvalue weighted by Gasteiger charge is -2.32. The van der Waals surface area contributed by atoms with Gasteiger partial charge in [-0.2, -0.15) is 23.4 Å². The van der Waals surface area contributed by atoms with Crippen LogP contribution < -0.4 is 10.6 Å². The van der Waals surface area contributed by atoms with Crippen molar-refractivity contribution >= 4 is 34.3 Å². The van der Waals surface area contributed by atoms with Gasteiger partial charge in [-0.3, -0.25) is 9.48 Å². The van der Waals surface area contributed by atoms with Gasteiger partial charge in [0.1, 0.15) is 11.5 Å². The second kappa shape index (κ2) is 6.50. The molecule has 0 unspecified atom stereocenters. The highest BCUT2D eigenvalue weighted by molar-refractivity contribution is 14.1. The summed E-state index contributed by atoms with van der Waals surface area (Å²) in [6, 6.07) is -2.01. The number of nitrogens with one attached hydrogen (secondary N) is 2. The zero-order valence-electron chi connectivity index (χ0n) is 13.4. The van der Waals surface area contributed by atoms with Crippen LogP contribution in [0.4, 0.5) is 19.0 Å². The molecule has 3 rings (SSSR count). The number of alkyl halides is 3. The second-order valence-corrected chi connectivity index (χ2v) is 7.11. The number of fused-ring (bicyclic) bond motifs is 1. The van der Waals surface area contributed by atoms with Crippen LogP contribution in [-0.4, -0.2) is 37.7 Å². The van der Waals surface area contributed by atoms with E-state index in [4.69, 9.17) is 0 Å². The van der Waals surface area contributed by atoms with E-state index in [1.54, 1.807) is 20.2 Å². The van der Waals surface area contributed by atoms with Crippen LogP contribution >= 0.6 is 22.6 Å². The number of anilines is 1. The van der Waals surface area contributed by atoms with Gasteiger partial charge >= 0.3 is 6.18 Å². The van der Waals surface area contributed by atoms with Crippen molar-refractivity contribution in [2.24, 2.45) is 7.05 Å². The van der Waals surface area contributed by atoms with Gasteiger partial charge in [-0.25, -0.2) is 4.68 Å². The molecule has 1 amide bonds. The molecule has 2 aromatic rings. The molecule has 1 aliphatic rings. The Morgan fingerprint density at radius 3 is 2.76 bits per heavy atom. The first-order valence-electron chi connectivity index (χ1n) is 7.53. The van der Waals surface area contributed by atoms with Gasteiger partial charge in [0.25, 0.3) is 5.91 Å². The molecule has 0 radical (unpaired) electrons. The van der Waals surface area contributed by atoms with Crippen molar-refractivity contribution in [2.45, 2.75) is 38.1 Å². The molecule has 2 N–H and O–H groups in total. The molecule has 11 heteroatoms. The van der Waals surface area contributed by atoms with Crippen molar-refractivity contribution in [1.82, 2.24) is 24.9 Å². The van der Waals surface area contributed by atoms with E-state index >= 15 is 0 Å². The van der Waals surface area contributed by atoms with Gasteiger partial charge in [0.2, 0.25) is 0 Å². The molecule has 0 aromatic carbocycles. The number of carbonyl (C=O) groups excluding carboxylic acids is 1. The Bertz CT molecular complexity index is 780. The van der Waals surface area contributed by atoms with Crippen molar-refractivity contribution in [3.8, 4) is 0 Å². The van der Waals surface area contributed by atoms with Crippen LogP contribution in [0.5, 0.6) is 0 Å². The maximum Gasteiger partial charge on any atom is 0.410 e. The molecular weight excluding hydrogens is 452 g/mol. The number of halogens is 4. The van der Waals surface area contributed by atoms with Crippen LogP contribution in [0.2, 0.25) is 0 Å². The van der Waals surface area contributed by atoms with Gasteiger partial charge in [-0.1, -0.05) is 0 Å². The van der Waals surface area contributed by atoms with Crippen LogP contribution in [0, 0.1) is 3.57 Å². The van der Waals surface area contributed by atoms with Crippen molar-refractivity contribution in [3.05, 3.63) is 27.2 Å². The number of rotatable bonds is 3. The Labute approximate surface area is 155 Å². The average Bonchev–Trinajstić information content (AvgIpc) is 3.06. The molecule has 0 saturated heterocycles. The second-order valence-electron chi connectivity index (χ2n) is 5.95. The van der Waals surface area contributed by atoms with E-state index in [2.05, 4.69) is 20.8 Å². The smallest absolute Gasteiger partial charge is 0.367 e. The summed E-state index contributed by atoms with van der Waals surface area (Å²) >= 11 is 2.00. The average molecular weight is 468 g/mol. The molecule has 25 heavy (non-hydrogen) atoms. The highest BCUT2D eigenvalue weighted by atomic mass is 127. The minimum absolute atomic E-state index is 0.0692. The van der Waals surface area contributed by atoms with Gasteiger partial charge in [0.15, 0.2) is 6.04 Å². The molecule has 136 valence electrons. The maximum absolute atomic E-state index is 13.2. The first-order chi connectivity index (χ1) is 11.7. The number of aromatic nitrogens is 4. The summed E-state index contributed by atoms with van der Waals surface area (Å²) < 4.78 is 42.8. The Morgan fingerprint density at radius 1 is 1.44 bits per heavy atom. The van der Waals surface area contributed by atoms with E-state index in [0.29, 0.717) is 20.6 Å². The van der Waals surface area contributed by atoms with Crippen molar-refractivity contribution in [3.63, 3.8) is 0 Å². The fourth-order valence-electron chi connectivity index (χ4n) is 2.85. The van der Waals surface area contributed by atoms with Gasteiger partial charge < -0.3 is 10.6 Å². The number of nitrogens with zero attached hydrogens (tertiary/aromatic N) is 4. The van der Waals surface area contributed by atoms with E-state index in [9.17, 15) is 18.0 Å². The van der Waals surface area contributed by atoms with Gasteiger partial charge in [-0.05, 0) is 35.9 Å². The first kappa shape index (κ1) is 18.0. The molecule has 3 heterocycles. The molecule has 1 aliphatic heterocycles. The van der Waals surface area contributed by atoms with Gasteiger partial charge in [0.05, 0.1) is 16.0 Å². The highest BCUT2D eigenvalue weighted by Crippen LogP contribution is 2.40. The molecule has 0 bridgehead atoms. The zero-order chi connectivity index (χ0) is 18.4. The molecule has 7 nitrogen and oxygen atoms in total. The third-order valence-corrected chi connectivity index (χ3v) is 4.84. The summed E-state index contributed by atoms with van der Waals surface area (Å²) in [4.78, 5) is 12.3. The fourth-order valence-corrected chi connectivity index (χ4v) is 3.57. The summed E-state index contributed by atoms with van der Waals surface area (Å²) in [7, 11) is 1.65. The summed E-state index contributed by atoms with van der Waals surface area (Å²) in [5.41, 5.74) is 0.905. The lowest BCUT2D eigenvalue weighted by molar-refractivity contribution is -0.173. The van der Waals surface area contributed by atoms with Crippen molar-refractivity contribution < 1.29 is 18.0 Å². The van der Waals surface area contributed by atoms with E-state index in [1.807, 2.05) is 22.6 Å². The number of carbonyl (C=O) groups is 1. The standard InChI is InChI=1S/C14H16F3IN6O/c1-7-3-10(14(15,16)17)24-12(22-7)8(5-21-24)4-19-13(25)11-9(18)6-20-23(11)2/h5-7,10,22H,3-4H2,1-2H3,(H,19,25)/t7-,10+/m0/s1. The zero-order valence-corrected chi connectivity index (χ0v) is 15.6. The normalized spacial score (nSPS) is 20.1. The highest BCUT2D eigenvalue weighted by Gasteiger charge is 2.45. The van der Waals surface area contributed by atoms with Crippen molar-refractivity contribution in [2.75, 3.05) is 5.32 Å². The van der Waals surface area contributed by atoms with Gasteiger partial charge in [0, 0.05) is 25.2 Å². The number of aryl methyl sites for hydroxylation is 1. The third kappa shape index (κ3) is 3.46. The van der Waals surface area contributed by atoms with Crippen molar-refractivity contribution in [1.29, 1.82) is 0 Å². The summed E-state index contributed by atoms with van der Waals surface area (Å²) in [5, 5.41) is 13.6. The lowest BCUT2D eigenvalue weighted by Crippen LogP contribution is -2.38. The molecule has 0 spiro atoms. The van der Waals surface area contributed by atoms with Crippen LogP contribution in [0.1, 0.15) is 35.4 Å². The predicted molar refractivity (Wildman–Crippen MR) is 92.1 cm³/mol. The molecule has 0 saturated carbocycles.